The fourth-order valence-corrected chi connectivity index (χ4v) is 3.87. The van der Waals surface area contributed by atoms with Gasteiger partial charge in [0, 0.05) is 23.1 Å². The van der Waals surface area contributed by atoms with Gasteiger partial charge in [-0.3, -0.25) is 14.2 Å². The lowest BCUT2D eigenvalue weighted by Gasteiger charge is -2.12. The molecule has 0 spiro atoms. The molecule has 146 valence electrons. The first-order valence-corrected chi connectivity index (χ1v) is 9.58. The lowest BCUT2D eigenvalue weighted by molar-refractivity contribution is -0.118. The molecule has 1 amide bonds. The summed E-state index contributed by atoms with van der Waals surface area (Å²) in [5.74, 6) is -0.544. The van der Waals surface area contributed by atoms with Crippen LogP contribution in [0.2, 0.25) is 10.0 Å². The summed E-state index contributed by atoms with van der Waals surface area (Å²) in [6.07, 6.45) is 0.790. The second kappa shape index (κ2) is 7.86. The van der Waals surface area contributed by atoms with Crippen molar-refractivity contribution in [2.45, 2.75) is 32.6 Å². The van der Waals surface area contributed by atoms with Crippen molar-refractivity contribution < 1.29 is 14.7 Å². The molecule has 28 heavy (non-hydrogen) atoms. The summed E-state index contributed by atoms with van der Waals surface area (Å²) in [6, 6.07) is 9.62. The number of rotatable bonds is 5. The number of benzene rings is 2. The Bertz CT molecular complexity index is 1090. The van der Waals surface area contributed by atoms with Gasteiger partial charge in [0.05, 0.1) is 15.6 Å². The zero-order chi connectivity index (χ0) is 20.6. The monoisotopic (exact) mass is 418 g/mol. The minimum atomic E-state index is -0.372. The van der Waals surface area contributed by atoms with Gasteiger partial charge in [0.1, 0.15) is 5.75 Å². The smallest absolute Gasteiger partial charge is 0.262 e. The lowest BCUT2D eigenvalue weighted by Crippen LogP contribution is -2.14. The fourth-order valence-electron chi connectivity index (χ4n) is 3.58. The van der Waals surface area contributed by atoms with Crippen molar-refractivity contribution in [1.82, 2.24) is 4.57 Å². The normalized spacial score (nSPS) is 12.3. The number of phenols is 1. The van der Waals surface area contributed by atoms with Crippen LogP contribution in [0.25, 0.3) is 10.9 Å². The average molecular weight is 419 g/mol. The van der Waals surface area contributed by atoms with Crippen LogP contribution in [-0.4, -0.2) is 21.5 Å². The minimum Gasteiger partial charge on any atom is -0.508 e. The van der Waals surface area contributed by atoms with E-state index in [9.17, 15) is 14.7 Å². The second-order valence-electron chi connectivity index (χ2n) is 6.88. The Balaban J connectivity index is 2.17. The number of phenolic OH excluding ortho intramolecular Hbond substituents is 1. The van der Waals surface area contributed by atoms with E-state index in [2.05, 4.69) is 0 Å². The van der Waals surface area contributed by atoms with Gasteiger partial charge in [0.25, 0.3) is 5.91 Å². The molecule has 3 aromatic rings. The van der Waals surface area contributed by atoms with Gasteiger partial charge in [-0.15, -0.1) is 0 Å². The molecular formula is C21H20Cl2N2O3. The number of nitrogens with zero attached hydrogens (tertiary/aromatic N) is 1. The number of hydrogen-bond donors (Lipinski definition) is 2. The number of amides is 1. The Morgan fingerprint density at radius 2 is 1.86 bits per heavy atom. The zero-order valence-electron chi connectivity index (χ0n) is 15.5. The van der Waals surface area contributed by atoms with Gasteiger partial charge < -0.3 is 10.8 Å². The van der Waals surface area contributed by atoms with Gasteiger partial charge in [-0.05, 0) is 61.2 Å². The summed E-state index contributed by atoms with van der Waals surface area (Å²) >= 11 is 12.0. The van der Waals surface area contributed by atoms with Crippen molar-refractivity contribution in [3.05, 3.63) is 63.3 Å². The number of nitrogens with two attached hydrogens (primary N) is 1. The molecule has 0 fully saturated rings. The molecular weight excluding hydrogens is 399 g/mol. The topological polar surface area (TPSA) is 85.3 Å². The van der Waals surface area contributed by atoms with E-state index < -0.39 is 0 Å². The van der Waals surface area contributed by atoms with Crippen LogP contribution in [0.3, 0.4) is 0 Å². The third kappa shape index (κ3) is 3.73. The maximum atomic E-state index is 13.3. The number of aromatic hydroxyl groups is 1. The fraction of sp³-hybridized carbons (Fsp3) is 0.238. The summed E-state index contributed by atoms with van der Waals surface area (Å²) in [7, 11) is 0. The first-order chi connectivity index (χ1) is 13.2. The van der Waals surface area contributed by atoms with Gasteiger partial charge in [-0.25, -0.2) is 0 Å². The standard InChI is InChI=1S/C21H20Cl2N2O3/c1-11(3-8-19(24)27)20-12(2)25(18-7-5-14(26)10-15(18)20)21(28)13-4-6-16(22)17(23)9-13/h4-7,9-11,26H,3,8H2,1-2H3,(H2,24,27)/t11-/m0/s1. The Morgan fingerprint density at radius 1 is 1.14 bits per heavy atom. The molecule has 1 aromatic heterocycles. The van der Waals surface area contributed by atoms with Gasteiger partial charge in [-0.1, -0.05) is 30.1 Å². The van der Waals surface area contributed by atoms with Gasteiger partial charge in [0.2, 0.25) is 5.91 Å². The Morgan fingerprint density at radius 3 is 2.50 bits per heavy atom. The molecule has 1 heterocycles. The van der Waals surface area contributed by atoms with Crippen molar-refractivity contribution in [3.63, 3.8) is 0 Å². The Hall–Kier alpha value is -2.50. The molecule has 0 aliphatic carbocycles. The molecule has 3 N–H and O–H groups in total. The molecule has 5 nitrogen and oxygen atoms in total. The van der Waals surface area contributed by atoms with Crippen LogP contribution in [0.1, 0.15) is 47.3 Å². The average Bonchev–Trinajstić information content (AvgIpc) is 2.92. The Labute approximate surface area is 172 Å². The Kier molecular flexibility index (Phi) is 5.68. The van der Waals surface area contributed by atoms with Crippen molar-refractivity contribution >= 4 is 45.9 Å². The van der Waals surface area contributed by atoms with E-state index in [1.165, 1.54) is 12.1 Å². The third-order valence-electron chi connectivity index (χ3n) is 4.92. The summed E-state index contributed by atoms with van der Waals surface area (Å²) < 4.78 is 1.60. The van der Waals surface area contributed by atoms with Gasteiger partial charge in [-0.2, -0.15) is 0 Å². The van der Waals surface area contributed by atoms with Gasteiger partial charge >= 0.3 is 0 Å². The summed E-state index contributed by atoms with van der Waals surface area (Å²) in [4.78, 5) is 24.5. The van der Waals surface area contributed by atoms with Crippen molar-refractivity contribution in [1.29, 1.82) is 0 Å². The van der Waals surface area contributed by atoms with E-state index in [4.69, 9.17) is 28.9 Å². The molecule has 0 radical (unpaired) electrons. The number of fused-ring (bicyclic) bond motifs is 1. The molecule has 0 bridgehead atoms. The minimum absolute atomic E-state index is 0.0281. The van der Waals surface area contributed by atoms with E-state index in [-0.39, 0.29) is 29.9 Å². The first-order valence-electron chi connectivity index (χ1n) is 8.82. The highest BCUT2D eigenvalue weighted by Gasteiger charge is 2.24. The predicted molar refractivity (Wildman–Crippen MR) is 111 cm³/mol. The molecule has 0 unspecified atom stereocenters. The zero-order valence-corrected chi connectivity index (χ0v) is 17.0. The van der Waals surface area contributed by atoms with Crippen LogP contribution >= 0.6 is 23.2 Å². The van der Waals surface area contributed by atoms with Crippen LogP contribution < -0.4 is 5.73 Å². The second-order valence-corrected chi connectivity index (χ2v) is 7.69. The van der Waals surface area contributed by atoms with Crippen LogP contribution in [0.4, 0.5) is 0 Å². The van der Waals surface area contributed by atoms with Crippen LogP contribution in [0, 0.1) is 6.92 Å². The third-order valence-corrected chi connectivity index (χ3v) is 5.66. The summed E-state index contributed by atoms with van der Waals surface area (Å²) in [5, 5.41) is 11.4. The number of carbonyl (C=O) groups excluding carboxylic acids is 2. The number of hydrogen-bond acceptors (Lipinski definition) is 3. The molecule has 3 rings (SSSR count). The number of halogens is 2. The van der Waals surface area contributed by atoms with E-state index >= 15 is 0 Å². The predicted octanol–water partition coefficient (Wildman–Crippen LogP) is 5.02. The molecule has 0 aliphatic rings. The van der Waals surface area contributed by atoms with Crippen molar-refractivity contribution in [3.8, 4) is 5.75 Å². The number of aromatic nitrogens is 1. The van der Waals surface area contributed by atoms with E-state index in [0.717, 1.165) is 16.6 Å². The van der Waals surface area contributed by atoms with Gasteiger partial charge in [0.15, 0.2) is 0 Å². The van der Waals surface area contributed by atoms with E-state index in [1.807, 2.05) is 13.8 Å². The summed E-state index contributed by atoms with van der Waals surface area (Å²) in [5.41, 5.74) is 8.01. The quantitative estimate of drug-likeness (QED) is 0.609. The highest BCUT2D eigenvalue weighted by Crippen LogP contribution is 2.36. The highest BCUT2D eigenvalue weighted by atomic mass is 35.5. The number of primary amides is 1. The molecule has 0 aliphatic heterocycles. The number of carbonyl (C=O) groups is 2. The molecule has 0 saturated heterocycles. The largest absolute Gasteiger partial charge is 0.508 e. The lowest BCUT2D eigenvalue weighted by atomic mass is 9.93. The van der Waals surface area contributed by atoms with Crippen LogP contribution in [0.5, 0.6) is 5.75 Å². The maximum absolute atomic E-state index is 13.3. The molecule has 1 atom stereocenters. The SMILES string of the molecule is Cc1c([C@@H](C)CCC(N)=O)c2cc(O)ccc2n1C(=O)c1ccc(Cl)c(Cl)c1. The highest BCUT2D eigenvalue weighted by molar-refractivity contribution is 6.42. The van der Waals surface area contributed by atoms with Crippen molar-refractivity contribution in [2.75, 3.05) is 0 Å². The molecule has 7 heteroatoms. The molecule has 0 saturated carbocycles. The van der Waals surface area contributed by atoms with Crippen LogP contribution in [-0.2, 0) is 4.79 Å². The van der Waals surface area contributed by atoms with E-state index in [1.54, 1.807) is 28.8 Å². The maximum Gasteiger partial charge on any atom is 0.262 e. The van der Waals surface area contributed by atoms with Crippen molar-refractivity contribution in [2.24, 2.45) is 5.73 Å². The van der Waals surface area contributed by atoms with E-state index in [0.29, 0.717) is 27.5 Å². The first kappa shape index (κ1) is 20.2. The molecule has 2 aromatic carbocycles. The summed E-state index contributed by atoms with van der Waals surface area (Å²) in [6.45, 7) is 3.82. The van der Waals surface area contributed by atoms with Crippen LogP contribution in [0.15, 0.2) is 36.4 Å².